The van der Waals surface area contributed by atoms with E-state index in [1.54, 1.807) is 45.6 Å². The average Bonchev–Trinajstić information content (AvgIpc) is 3.04. The van der Waals surface area contributed by atoms with Gasteiger partial charge in [0.05, 0.1) is 26.4 Å². The Kier molecular flexibility index (Phi) is 5.59. The third-order valence-corrected chi connectivity index (χ3v) is 3.21. The Hall–Kier alpha value is -2.54. The number of aromatic nitrogens is 1. The van der Waals surface area contributed by atoms with Crippen molar-refractivity contribution < 1.29 is 23.5 Å². The molecule has 0 fully saturated rings. The molecule has 7 nitrogen and oxygen atoms in total. The predicted molar refractivity (Wildman–Crippen MR) is 83.8 cm³/mol. The zero-order valence-corrected chi connectivity index (χ0v) is 13.6. The molecule has 2 aromatic rings. The smallest absolute Gasteiger partial charge is 0.273 e. The highest BCUT2D eigenvalue weighted by Crippen LogP contribution is 2.33. The first kappa shape index (κ1) is 16.8. The number of amides is 1. The largest absolute Gasteiger partial charge is 0.497 e. The molecular weight excluding hydrogens is 300 g/mol. The summed E-state index contributed by atoms with van der Waals surface area (Å²) in [5.74, 6) is 1.34. The van der Waals surface area contributed by atoms with Crippen LogP contribution in [0.3, 0.4) is 0 Å². The minimum atomic E-state index is -0.327. The van der Waals surface area contributed by atoms with Gasteiger partial charge in [-0.3, -0.25) is 4.79 Å². The molecule has 124 valence electrons. The number of benzene rings is 1. The maximum atomic E-state index is 12.1. The summed E-state index contributed by atoms with van der Waals surface area (Å²) in [5.41, 5.74) is 0.844. The second-order valence-corrected chi connectivity index (χ2v) is 4.97. The van der Waals surface area contributed by atoms with E-state index < -0.39 is 0 Å². The molecule has 1 aromatic heterocycles. The van der Waals surface area contributed by atoms with Gasteiger partial charge in [0.1, 0.15) is 11.5 Å². The van der Waals surface area contributed by atoms with Crippen LogP contribution < -0.4 is 14.8 Å². The van der Waals surface area contributed by atoms with Gasteiger partial charge in [-0.2, -0.15) is 0 Å². The average molecular weight is 320 g/mol. The van der Waals surface area contributed by atoms with Gasteiger partial charge in [0.15, 0.2) is 11.5 Å². The van der Waals surface area contributed by atoms with Crippen LogP contribution in [0.25, 0.3) is 11.3 Å². The normalized spacial score (nSPS) is 11.8. The second-order valence-electron chi connectivity index (χ2n) is 4.97. The van der Waals surface area contributed by atoms with Crippen molar-refractivity contribution in [1.82, 2.24) is 10.5 Å². The molecule has 0 aliphatic carbocycles. The van der Waals surface area contributed by atoms with E-state index in [0.29, 0.717) is 29.4 Å². The number of carbonyl (C=O) groups is 1. The van der Waals surface area contributed by atoms with Gasteiger partial charge in [-0.25, -0.2) is 0 Å². The minimum absolute atomic E-state index is 0.126. The summed E-state index contributed by atoms with van der Waals surface area (Å²) in [4.78, 5) is 12.1. The molecule has 1 heterocycles. The Morgan fingerprint density at radius 2 is 2.04 bits per heavy atom. The molecule has 0 saturated heterocycles. The Balaban J connectivity index is 2.23. The Bertz CT molecular complexity index is 668. The van der Waals surface area contributed by atoms with E-state index in [2.05, 4.69) is 10.5 Å². The lowest BCUT2D eigenvalue weighted by Crippen LogP contribution is -2.35. The van der Waals surface area contributed by atoms with Crippen LogP contribution in [0.5, 0.6) is 11.5 Å². The second kappa shape index (κ2) is 7.64. The van der Waals surface area contributed by atoms with Crippen molar-refractivity contribution in [2.24, 2.45) is 0 Å². The number of nitrogens with one attached hydrogen (secondary N) is 1. The lowest BCUT2D eigenvalue weighted by molar-refractivity contribution is 0.0896. The van der Waals surface area contributed by atoms with Gasteiger partial charge < -0.3 is 24.1 Å². The van der Waals surface area contributed by atoms with Crippen molar-refractivity contribution in [3.05, 3.63) is 30.0 Å². The van der Waals surface area contributed by atoms with Crippen LogP contribution in [0.1, 0.15) is 17.4 Å². The Labute approximate surface area is 134 Å². The molecule has 0 bridgehead atoms. The van der Waals surface area contributed by atoms with Crippen molar-refractivity contribution in [2.75, 3.05) is 27.9 Å². The summed E-state index contributed by atoms with van der Waals surface area (Å²) in [7, 11) is 4.70. The first-order valence-electron chi connectivity index (χ1n) is 7.08. The lowest BCUT2D eigenvalue weighted by Gasteiger charge is -2.10. The van der Waals surface area contributed by atoms with Gasteiger partial charge in [-0.05, 0) is 25.1 Å². The molecular formula is C16H20N2O5. The van der Waals surface area contributed by atoms with Crippen molar-refractivity contribution in [3.63, 3.8) is 0 Å². The summed E-state index contributed by atoms with van der Waals surface area (Å²) in [6.45, 7) is 2.26. The number of hydrogen-bond acceptors (Lipinski definition) is 6. The van der Waals surface area contributed by atoms with E-state index in [0.717, 1.165) is 0 Å². The Morgan fingerprint density at radius 3 is 2.70 bits per heavy atom. The fourth-order valence-electron chi connectivity index (χ4n) is 2.11. The SMILES string of the molecule is COC[C@H](C)NC(=O)c1cc(-c2cc(OC)ccc2OC)on1. The van der Waals surface area contributed by atoms with E-state index in [9.17, 15) is 4.79 Å². The van der Waals surface area contributed by atoms with E-state index in [-0.39, 0.29) is 17.6 Å². The maximum Gasteiger partial charge on any atom is 0.273 e. The predicted octanol–water partition coefficient (Wildman–Crippen LogP) is 2.12. The zero-order chi connectivity index (χ0) is 16.8. The van der Waals surface area contributed by atoms with Crippen molar-refractivity contribution >= 4 is 5.91 Å². The molecule has 0 spiro atoms. The van der Waals surface area contributed by atoms with Crippen molar-refractivity contribution in [2.45, 2.75) is 13.0 Å². The van der Waals surface area contributed by atoms with Gasteiger partial charge in [0.25, 0.3) is 5.91 Å². The number of ether oxygens (including phenoxy) is 3. The van der Waals surface area contributed by atoms with Crippen LogP contribution in [0.4, 0.5) is 0 Å². The first-order chi connectivity index (χ1) is 11.1. The summed E-state index contributed by atoms with van der Waals surface area (Å²) < 4.78 is 20.8. The quantitative estimate of drug-likeness (QED) is 0.841. The first-order valence-corrected chi connectivity index (χ1v) is 7.08. The maximum absolute atomic E-state index is 12.1. The summed E-state index contributed by atoms with van der Waals surface area (Å²) in [6, 6.07) is 6.73. The van der Waals surface area contributed by atoms with Crippen LogP contribution >= 0.6 is 0 Å². The molecule has 1 aromatic carbocycles. The van der Waals surface area contributed by atoms with E-state index >= 15 is 0 Å². The minimum Gasteiger partial charge on any atom is -0.497 e. The molecule has 0 aliphatic rings. The van der Waals surface area contributed by atoms with Crippen molar-refractivity contribution in [3.8, 4) is 22.8 Å². The number of carbonyl (C=O) groups excluding carboxylic acids is 1. The van der Waals surface area contributed by atoms with Gasteiger partial charge in [-0.15, -0.1) is 0 Å². The highest BCUT2D eigenvalue weighted by Gasteiger charge is 2.18. The van der Waals surface area contributed by atoms with Crippen LogP contribution in [0, 0.1) is 0 Å². The topological polar surface area (TPSA) is 82.8 Å². The lowest BCUT2D eigenvalue weighted by atomic mass is 10.1. The van der Waals surface area contributed by atoms with Gasteiger partial charge in [0, 0.05) is 19.2 Å². The van der Waals surface area contributed by atoms with Crippen LogP contribution in [-0.2, 0) is 4.74 Å². The Morgan fingerprint density at radius 1 is 1.26 bits per heavy atom. The standard InChI is InChI=1S/C16H20N2O5/c1-10(9-20-2)17-16(19)13-8-15(23-18-13)12-7-11(21-3)5-6-14(12)22-4/h5-8,10H,9H2,1-4H3,(H,17,19)/t10-/m0/s1. The molecule has 0 radical (unpaired) electrons. The monoisotopic (exact) mass is 320 g/mol. The number of rotatable bonds is 7. The summed E-state index contributed by atoms with van der Waals surface area (Å²) >= 11 is 0. The molecule has 7 heteroatoms. The molecule has 23 heavy (non-hydrogen) atoms. The molecule has 0 aliphatic heterocycles. The van der Waals surface area contributed by atoms with Crippen LogP contribution in [0.2, 0.25) is 0 Å². The summed E-state index contributed by atoms with van der Waals surface area (Å²) in [5, 5.41) is 6.58. The van der Waals surface area contributed by atoms with Gasteiger partial charge in [-0.1, -0.05) is 5.16 Å². The molecule has 1 amide bonds. The van der Waals surface area contributed by atoms with Crippen LogP contribution in [0.15, 0.2) is 28.8 Å². The molecule has 0 saturated carbocycles. The van der Waals surface area contributed by atoms with Gasteiger partial charge in [0.2, 0.25) is 0 Å². The fraction of sp³-hybridized carbons (Fsp3) is 0.375. The number of methoxy groups -OCH3 is 3. The summed E-state index contributed by atoms with van der Waals surface area (Å²) in [6.07, 6.45) is 0. The van der Waals surface area contributed by atoms with Gasteiger partial charge >= 0.3 is 0 Å². The fourth-order valence-corrected chi connectivity index (χ4v) is 2.11. The van der Waals surface area contributed by atoms with E-state index in [1.807, 2.05) is 6.92 Å². The molecule has 1 N–H and O–H groups in total. The highest BCUT2D eigenvalue weighted by atomic mass is 16.5. The molecule has 2 rings (SSSR count). The molecule has 0 unspecified atom stereocenters. The third kappa shape index (κ3) is 4.01. The van der Waals surface area contributed by atoms with E-state index in [1.165, 1.54) is 0 Å². The zero-order valence-electron chi connectivity index (χ0n) is 13.6. The number of hydrogen-bond donors (Lipinski definition) is 1. The third-order valence-electron chi connectivity index (χ3n) is 3.21. The number of nitrogens with zero attached hydrogens (tertiary/aromatic N) is 1. The van der Waals surface area contributed by atoms with E-state index in [4.69, 9.17) is 18.7 Å². The molecule has 1 atom stereocenters. The highest BCUT2D eigenvalue weighted by molar-refractivity contribution is 5.93. The van der Waals surface area contributed by atoms with Crippen LogP contribution in [-0.4, -0.2) is 45.0 Å². The van der Waals surface area contributed by atoms with Crippen molar-refractivity contribution in [1.29, 1.82) is 0 Å².